The number of carbonyl (C=O) groups is 1. The molecule has 0 aliphatic rings. The van der Waals surface area contributed by atoms with E-state index in [0.717, 1.165) is 5.56 Å². The Morgan fingerprint density at radius 3 is 2.12 bits per heavy atom. The first-order chi connectivity index (χ1) is 11.2. The van der Waals surface area contributed by atoms with Gasteiger partial charge in [-0.2, -0.15) is 4.31 Å². The van der Waals surface area contributed by atoms with Crippen molar-refractivity contribution in [1.82, 2.24) is 9.62 Å². The zero-order valence-corrected chi connectivity index (χ0v) is 17.5. The second-order valence-corrected chi connectivity index (χ2v) is 10.4. The summed E-state index contributed by atoms with van der Waals surface area (Å²) in [6, 6.07) is 5.52. The molecule has 1 rings (SSSR count). The predicted molar refractivity (Wildman–Crippen MR) is 102 cm³/mol. The molecular formula is C19H32N2O3S. The number of rotatable bonds is 5. The van der Waals surface area contributed by atoms with E-state index in [2.05, 4.69) is 5.32 Å². The summed E-state index contributed by atoms with van der Waals surface area (Å²) in [5, 5.41) is 2.81. The van der Waals surface area contributed by atoms with Crippen LogP contribution in [0.25, 0.3) is 0 Å². The summed E-state index contributed by atoms with van der Waals surface area (Å²) in [6.45, 7) is 15.3. The maximum Gasteiger partial charge on any atom is 0.243 e. The van der Waals surface area contributed by atoms with Gasteiger partial charge in [-0.3, -0.25) is 4.79 Å². The molecule has 1 aromatic rings. The molecule has 0 fully saturated rings. The lowest BCUT2D eigenvalue weighted by molar-refractivity contribution is -0.122. The molecule has 25 heavy (non-hydrogen) atoms. The van der Waals surface area contributed by atoms with E-state index in [-0.39, 0.29) is 29.3 Å². The van der Waals surface area contributed by atoms with Gasteiger partial charge in [0.05, 0.1) is 11.4 Å². The fraction of sp³-hybridized carbons (Fsp3) is 0.632. The van der Waals surface area contributed by atoms with Crippen LogP contribution < -0.4 is 5.32 Å². The Hall–Kier alpha value is -1.40. The van der Waals surface area contributed by atoms with Crippen molar-refractivity contribution >= 4 is 15.9 Å². The van der Waals surface area contributed by atoms with Gasteiger partial charge in [-0.05, 0) is 50.3 Å². The minimum Gasteiger partial charge on any atom is -0.350 e. The predicted octanol–water partition coefficient (Wildman–Crippen LogP) is 3.22. The van der Waals surface area contributed by atoms with E-state index in [0.29, 0.717) is 5.56 Å². The van der Waals surface area contributed by atoms with E-state index in [1.807, 2.05) is 53.7 Å². The molecule has 5 nitrogen and oxygen atoms in total. The summed E-state index contributed by atoms with van der Waals surface area (Å²) in [7, 11) is -3.74. The summed E-state index contributed by atoms with van der Waals surface area (Å²) in [4.78, 5) is 12.5. The zero-order valence-electron chi connectivity index (χ0n) is 16.7. The van der Waals surface area contributed by atoms with Crippen LogP contribution in [0.2, 0.25) is 0 Å². The largest absolute Gasteiger partial charge is 0.350 e. The van der Waals surface area contributed by atoms with Crippen molar-refractivity contribution in [3.8, 4) is 0 Å². The quantitative estimate of drug-likeness (QED) is 0.868. The minimum atomic E-state index is -3.74. The number of aryl methyl sites for hydroxylation is 1. The lowest BCUT2D eigenvalue weighted by Crippen LogP contribution is -2.47. The molecule has 0 heterocycles. The van der Waals surface area contributed by atoms with Crippen molar-refractivity contribution in [1.29, 1.82) is 0 Å². The molecule has 0 unspecified atom stereocenters. The lowest BCUT2D eigenvalue weighted by Gasteiger charge is -2.26. The fourth-order valence-electron chi connectivity index (χ4n) is 2.47. The van der Waals surface area contributed by atoms with Crippen LogP contribution in [-0.4, -0.2) is 37.3 Å². The molecule has 0 aliphatic heterocycles. The first-order valence-electron chi connectivity index (χ1n) is 8.61. The number of nitrogens with zero attached hydrogens (tertiary/aromatic N) is 1. The molecule has 1 aromatic carbocycles. The SMILES string of the molecule is CCN(CC(=O)NC(C)(C)C)S(=O)(=O)c1cc(C(C)(C)C)ccc1C. The van der Waals surface area contributed by atoms with Gasteiger partial charge in [0.25, 0.3) is 0 Å². The van der Waals surface area contributed by atoms with Crippen molar-refractivity contribution in [2.45, 2.75) is 71.2 Å². The minimum absolute atomic E-state index is 0.154. The van der Waals surface area contributed by atoms with Crippen molar-refractivity contribution in [2.75, 3.05) is 13.1 Å². The highest BCUT2D eigenvalue weighted by molar-refractivity contribution is 7.89. The number of likely N-dealkylation sites (N-methyl/N-ethyl adjacent to an activating group) is 1. The van der Waals surface area contributed by atoms with Crippen molar-refractivity contribution in [2.24, 2.45) is 0 Å². The number of benzene rings is 1. The first kappa shape index (κ1) is 21.6. The Balaban J connectivity index is 3.23. The Labute approximate surface area is 152 Å². The normalized spacial score (nSPS) is 13.2. The first-order valence-corrected chi connectivity index (χ1v) is 10.0. The Morgan fingerprint density at radius 1 is 1.12 bits per heavy atom. The summed E-state index contributed by atoms with van der Waals surface area (Å²) in [5.74, 6) is -0.303. The number of nitrogens with one attached hydrogen (secondary N) is 1. The highest BCUT2D eigenvalue weighted by Crippen LogP contribution is 2.28. The molecule has 0 saturated heterocycles. The number of sulfonamides is 1. The molecule has 0 aromatic heterocycles. The van der Waals surface area contributed by atoms with Crippen LogP contribution in [0.5, 0.6) is 0 Å². The van der Waals surface area contributed by atoms with Gasteiger partial charge in [0.1, 0.15) is 0 Å². The van der Waals surface area contributed by atoms with Gasteiger partial charge >= 0.3 is 0 Å². The van der Waals surface area contributed by atoms with Gasteiger partial charge in [0.15, 0.2) is 0 Å². The van der Waals surface area contributed by atoms with Crippen molar-refractivity contribution in [3.05, 3.63) is 29.3 Å². The zero-order chi connectivity index (χ0) is 19.6. The highest BCUT2D eigenvalue weighted by atomic mass is 32.2. The molecule has 142 valence electrons. The van der Waals surface area contributed by atoms with Crippen LogP contribution in [0, 0.1) is 6.92 Å². The second-order valence-electron chi connectivity index (χ2n) is 8.46. The van der Waals surface area contributed by atoms with Crippen LogP contribution in [0.15, 0.2) is 23.1 Å². The Kier molecular flexibility index (Phi) is 6.46. The van der Waals surface area contributed by atoms with Gasteiger partial charge in [0, 0.05) is 12.1 Å². The van der Waals surface area contributed by atoms with E-state index < -0.39 is 15.6 Å². The van der Waals surface area contributed by atoms with Crippen LogP contribution in [0.3, 0.4) is 0 Å². The molecule has 0 atom stereocenters. The van der Waals surface area contributed by atoms with E-state index in [4.69, 9.17) is 0 Å². The van der Waals surface area contributed by atoms with E-state index in [9.17, 15) is 13.2 Å². The van der Waals surface area contributed by atoms with E-state index in [1.54, 1.807) is 19.9 Å². The maximum atomic E-state index is 13.1. The number of amides is 1. The van der Waals surface area contributed by atoms with Gasteiger partial charge in [-0.1, -0.05) is 39.8 Å². The van der Waals surface area contributed by atoms with Crippen molar-refractivity contribution < 1.29 is 13.2 Å². The third-order valence-corrected chi connectivity index (χ3v) is 5.92. The summed E-state index contributed by atoms with van der Waals surface area (Å²) in [6.07, 6.45) is 0. The molecule has 0 radical (unpaired) electrons. The summed E-state index contributed by atoms with van der Waals surface area (Å²) < 4.78 is 27.4. The molecule has 6 heteroatoms. The van der Waals surface area contributed by atoms with E-state index >= 15 is 0 Å². The topological polar surface area (TPSA) is 66.5 Å². The second kappa shape index (κ2) is 7.46. The molecule has 1 N–H and O–H groups in total. The van der Waals surface area contributed by atoms with Crippen LogP contribution in [0.4, 0.5) is 0 Å². The molecule has 1 amide bonds. The number of carbonyl (C=O) groups excluding carboxylic acids is 1. The van der Waals surface area contributed by atoms with Gasteiger partial charge in [0.2, 0.25) is 15.9 Å². The van der Waals surface area contributed by atoms with E-state index in [1.165, 1.54) is 4.31 Å². The fourth-order valence-corrected chi connectivity index (χ4v) is 4.12. The smallest absolute Gasteiger partial charge is 0.243 e. The third kappa shape index (κ3) is 5.82. The standard InChI is InChI=1S/C19H32N2O3S/c1-9-21(13-17(22)20-19(6,7)8)25(23,24)16-12-15(18(3,4)5)11-10-14(16)2/h10-12H,9,13H2,1-8H3,(H,20,22). The monoisotopic (exact) mass is 368 g/mol. The molecule has 0 bridgehead atoms. The van der Waals surface area contributed by atoms with Crippen LogP contribution in [-0.2, 0) is 20.2 Å². The van der Waals surface area contributed by atoms with Crippen LogP contribution in [0.1, 0.15) is 59.6 Å². The highest BCUT2D eigenvalue weighted by Gasteiger charge is 2.29. The molecule has 0 spiro atoms. The maximum absolute atomic E-state index is 13.1. The van der Waals surface area contributed by atoms with Crippen molar-refractivity contribution in [3.63, 3.8) is 0 Å². The summed E-state index contributed by atoms with van der Waals surface area (Å²) in [5.41, 5.74) is 1.08. The number of hydrogen-bond donors (Lipinski definition) is 1. The third-order valence-electron chi connectivity index (χ3n) is 3.86. The average molecular weight is 369 g/mol. The average Bonchev–Trinajstić information content (AvgIpc) is 2.41. The Morgan fingerprint density at radius 2 is 1.68 bits per heavy atom. The summed E-state index contributed by atoms with van der Waals surface area (Å²) >= 11 is 0. The van der Waals surface area contributed by atoms with Crippen LogP contribution >= 0.6 is 0 Å². The van der Waals surface area contributed by atoms with Gasteiger partial charge in [-0.15, -0.1) is 0 Å². The molecule has 0 aliphatic carbocycles. The molecule has 0 saturated carbocycles. The number of hydrogen-bond acceptors (Lipinski definition) is 3. The van der Waals surface area contributed by atoms with Gasteiger partial charge in [-0.25, -0.2) is 8.42 Å². The van der Waals surface area contributed by atoms with Gasteiger partial charge < -0.3 is 5.32 Å². The molecular weight excluding hydrogens is 336 g/mol. The lowest BCUT2D eigenvalue weighted by atomic mass is 9.87. The Bertz CT molecular complexity index is 726.